The van der Waals surface area contributed by atoms with Crippen molar-refractivity contribution in [1.29, 1.82) is 0 Å². The van der Waals surface area contributed by atoms with Crippen molar-refractivity contribution < 1.29 is 27.5 Å². The first-order valence-corrected chi connectivity index (χ1v) is 15.6. The molecule has 3 rings (SSSR count). The largest absolute Gasteiger partial charge is 0.493 e. The normalized spacial score (nSPS) is 11.8. The predicted octanol–water partition coefficient (Wildman–Crippen LogP) is 5.28. The number of nitrogens with one attached hydrogen (secondary N) is 1. The summed E-state index contributed by atoms with van der Waals surface area (Å²) in [6.07, 6.45) is 2.01. The van der Waals surface area contributed by atoms with Crippen LogP contribution in [0.25, 0.3) is 0 Å². The third-order valence-corrected chi connectivity index (χ3v) is 8.94. The van der Waals surface area contributed by atoms with Gasteiger partial charge in [-0.15, -0.1) is 0 Å². The van der Waals surface area contributed by atoms with Crippen LogP contribution in [0.3, 0.4) is 0 Å². The number of hydrogen-bond acceptors (Lipinski definition) is 6. The Kier molecular flexibility index (Phi) is 12.1. The van der Waals surface area contributed by atoms with Gasteiger partial charge in [-0.2, -0.15) is 0 Å². The fourth-order valence-corrected chi connectivity index (χ4v) is 6.09. The molecule has 0 aliphatic rings. The summed E-state index contributed by atoms with van der Waals surface area (Å²) in [4.78, 5) is 28.9. The van der Waals surface area contributed by atoms with Crippen LogP contribution < -0.4 is 19.1 Å². The quantitative estimate of drug-likeness (QED) is 0.233. The second-order valence-corrected chi connectivity index (χ2v) is 11.8. The van der Waals surface area contributed by atoms with Crippen molar-refractivity contribution in [3.8, 4) is 11.5 Å². The molecule has 226 valence electrons. The van der Waals surface area contributed by atoms with E-state index in [1.807, 2.05) is 13.8 Å². The number of carbonyl (C=O) groups is 2. The Morgan fingerprint density at radius 2 is 1.60 bits per heavy atom. The molecule has 0 spiro atoms. The molecular weight excluding hydrogens is 578 g/mol. The van der Waals surface area contributed by atoms with E-state index >= 15 is 0 Å². The number of halogens is 1. The number of ether oxygens (including phenoxy) is 2. The van der Waals surface area contributed by atoms with Gasteiger partial charge in [-0.1, -0.05) is 68.3 Å². The van der Waals surface area contributed by atoms with Crippen molar-refractivity contribution in [2.24, 2.45) is 0 Å². The SMILES string of the molecule is CCCCNC(=O)[C@H](CC)N(Cc1ccccc1Cl)C(=O)CN(c1ccc(OC)c(OC)c1)S(=O)(=O)c1ccccc1. The summed E-state index contributed by atoms with van der Waals surface area (Å²) in [6.45, 7) is 3.75. The maximum atomic E-state index is 14.2. The van der Waals surface area contributed by atoms with Crippen molar-refractivity contribution in [3.63, 3.8) is 0 Å². The van der Waals surface area contributed by atoms with E-state index in [0.29, 0.717) is 35.1 Å². The number of methoxy groups -OCH3 is 2. The second-order valence-electron chi connectivity index (χ2n) is 9.55. The Balaban J connectivity index is 2.09. The van der Waals surface area contributed by atoms with Gasteiger partial charge in [0.25, 0.3) is 10.0 Å². The minimum Gasteiger partial charge on any atom is -0.493 e. The van der Waals surface area contributed by atoms with E-state index in [0.717, 1.165) is 17.1 Å². The van der Waals surface area contributed by atoms with Crippen LogP contribution >= 0.6 is 11.6 Å². The van der Waals surface area contributed by atoms with Gasteiger partial charge < -0.3 is 19.7 Å². The van der Waals surface area contributed by atoms with Gasteiger partial charge in [-0.3, -0.25) is 13.9 Å². The highest BCUT2D eigenvalue weighted by Gasteiger charge is 2.34. The Morgan fingerprint density at radius 3 is 2.21 bits per heavy atom. The summed E-state index contributed by atoms with van der Waals surface area (Å²) < 4.78 is 39.7. The van der Waals surface area contributed by atoms with E-state index in [1.165, 1.54) is 37.3 Å². The number of sulfonamides is 1. The van der Waals surface area contributed by atoms with Gasteiger partial charge in [-0.25, -0.2) is 8.42 Å². The number of rotatable bonds is 15. The summed E-state index contributed by atoms with van der Waals surface area (Å²) in [6, 6.07) is 18.7. The van der Waals surface area contributed by atoms with Crippen molar-refractivity contribution in [2.75, 3.05) is 31.6 Å². The van der Waals surface area contributed by atoms with Crippen LogP contribution in [-0.4, -0.2) is 58.5 Å². The van der Waals surface area contributed by atoms with Gasteiger partial charge in [0.15, 0.2) is 11.5 Å². The molecule has 3 aromatic carbocycles. The summed E-state index contributed by atoms with van der Waals surface area (Å²) >= 11 is 6.45. The molecule has 0 aromatic heterocycles. The first-order chi connectivity index (χ1) is 20.2. The number of carbonyl (C=O) groups excluding carboxylic acids is 2. The standard InChI is InChI=1S/C31H38ClN3O6S/c1-5-7-19-33-31(37)27(6-2)34(21-23-13-11-12-16-26(23)32)30(36)22-35(42(38,39)25-14-9-8-10-15-25)24-17-18-28(40-3)29(20-24)41-4/h8-18,20,27H,5-7,19,21-22H2,1-4H3,(H,33,37)/t27-/m0/s1. The van der Waals surface area contributed by atoms with Crippen LogP contribution in [0, 0.1) is 0 Å². The van der Waals surface area contributed by atoms with E-state index in [1.54, 1.807) is 54.6 Å². The average Bonchev–Trinajstić information content (AvgIpc) is 3.00. The molecule has 0 fully saturated rings. The summed E-state index contributed by atoms with van der Waals surface area (Å²) in [5, 5.41) is 3.35. The number of benzene rings is 3. The highest BCUT2D eigenvalue weighted by molar-refractivity contribution is 7.92. The topological polar surface area (TPSA) is 105 Å². The summed E-state index contributed by atoms with van der Waals surface area (Å²) in [7, 11) is -1.30. The number of amides is 2. The van der Waals surface area contributed by atoms with Crippen LogP contribution in [0.15, 0.2) is 77.7 Å². The minimum absolute atomic E-state index is 0.00888. The number of nitrogens with zero attached hydrogens (tertiary/aromatic N) is 2. The molecular formula is C31H38ClN3O6S. The minimum atomic E-state index is -4.22. The van der Waals surface area contributed by atoms with Gasteiger partial charge in [0, 0.05) is 24.2 Å². The fourth-order valence-electron chi connectivity index (χ4n) is 4.46. The number of anilines is 1. The lowest BCUT2D eigenvalue weighted by molar-refractivity contribution is -0.140. The van der Waals surface area contributed by atoms with E-state index in [-0.39, 0.29) is 23.0 Å². The lowest BCUT2D eigenvalue weighted by atomic mass is 10.1. The maximum Gasteiger partial charge on any atom is 0.264 e. The van der Waals surface area contributed by atoms with Crippen molar-refractivity contribution >= 4 is 39.1 Å². The average molecular weight is 616 g/mol. The predicted molar refractivity (Wildman–Crippen MR) is 165 cm³/mol. The molecule has 9 nitrogen and oxygen atoms in total. The summed E-state index contributed by atoms with van der Waals surface area (Å²) in [5.41, 5.74) is 0.832. The van der Waals surface area contributed by atoms with Crippen LogP contribution in [0.1, 0.15) is 38.7 Å². The fraction of sp³-hybridized carbons (Fsp3) is 0.355. The van der Waals surface area contributed by atoms with E-state index in [9.17, 15) is 18.0 Å². The van der Waals surface area contributed by atoms with Gasteiger partial charge >= 0.3 is 0 Å². The molecule has 2 amide bonds. The maximum absolute atomic E-state index is 14.2. The summed E-state index contributed by atoms with van der Waals surface area (Å²) in [5.74, 6) is -0.179. The molecule has 0 saturated carbocycles. The van der Waals surface area contributed by atoms with Gasteiger partial charge in [0.2, 0.25) is 11.8 Å². The molecule has 0 unspecified atom stereocenters. The molecule has 11 heteroatoms. The Morgan fingerprint density at radius 1 is 0.929 bits per heavy atom. The highest BCUT2D eigenvalue weighted by Crippen LogP contribution is 2.34. The van der Waals surface area contributed by atoms with E-state index < -0.39 is 28.5 Å². The lowest BCUT2D eigenvalue weighted by Crippen LogP contribution is -2.52. The zero-order chi connectivity index (χ0) is 30.7. The van der Waals surface area contributed by atoms with E-state index in [4.69, 9.17) is 21.1 Å². The molecule has 0 radical (unpaired) electrons. The first-order valence-electron chi connectivity index (χ1n) is 13.8. The number of unbranched alkanes of at least 4 members (excludes halogenated alkanes) is 1. The third-order valence-electron chi connectivity index (χ3n) is 6.78. The zero-order valence-electron chi connectivity index (χ0n) is 24.4. The second kappa shape index (κ2) is 15.5. The Bertz CT molecular complexity index is 1450. The zero-order valence-corrected chi connectivity index (χ0v) is 26.0. The molecule has 1 N–H and O–H groups in total. The van der Waals surface area contributed by atoms with Crippen molar-refractivity contribution in [2.45, 2.75) is 50.6 Å². The Hall–Kier alpha value is -3.76. The highest BCUT2D eigenvalue weighted by atomic mass is 35.5. The number of hydrogen-bond donors (Lipinski definition) is 1. The third kappa shape index (κ3) is 7.95. The van der Waals surface area contributed by atoms with Crippen LogP contribution in [0.5, 0.6) is 11.5 Å². The first kappa shape index (κ1) is 32.8. The van der Waals surface area contributed by atoms with Crippen molar-refractivity contribution in [1.82, 2.24) is 10.2 Å². The van der Waals surface area contributed by atoms with Gasteiger partial charge in [0.1, 0.15) is 12.6 Å². The molecule has 0 heterocycles. The lowest BCUT2D eigenvalue weighted by Gasteiger charge is -2.33. The molecule has 1 atom stereocenters. The van der Waals surface area contributed by atoms with Gasteiger partial charge in [0.05, 0.1) is 24.8 Å². The molecule has 0 saturated heterocycles. The van der Waals surface area contributed by atoms with E-state index in [2.05, 4.69) is 5.32 Å². The molecule has 0 bridgehead atoms. The van der Waals surface area contributed by atoms with Crippen LogP contribution in [0.4, 0.5) is 5.69 Å². The Labute approximate surface area is 253 Å². The van der Waals surface area contributed by atoms with Gasteiger partial charge in [-0.05, 0) is 48.7 Å². The molecule has 0 aliphatic heterocycles. The molecule has 42 heavy (non-hydrogen) atoms. The molecule has 0 aliphatic carbocycles. The van der Waals surface area contributed by atoms with Crippen LogP contribution in [-0.2, 0) is 26.2 Å². The van der Waals surface area contributed by atoms with Crippen LogP contribution in [0.2, 0.25) is 5.02 Å². The monoisotopic (exact) mass is 615 g/mol. The smallest absolute Gasteiger partial charge is 0.264 e. The van der Waals surface area contributed by atoms with Crippen molar-refractivity contribution in [3.05, 3.63) is 83.4 Å². The molecule has 3 aromatic rings.